The van der Waals surface area contributed by atoms with Crippen LogP contribution in [-0.2, 0) is 6.42 Å². The Morgan fingerprint density at radius 2 is 2.00 bits per heavy atom. The van der Waals surface area contributed by atoms with Gasteiger partial charge in [0, 0.05) is 12.6 Å². The van der Waals surface area contributed by atoms with Gasteiger partial charge in [-0.15, -0.1) is 0 Å². The van der Waals surface area contributed by atoms with Gasteiger partial charge in [-0.25, -0.2) is 0 Å². The van der Waals surface area contributed by atoms with Crippen LogP contribution in [0.1, 0.15) is 32.3 Å². The topological polar surface area (TPSA) is 47.7 Å². The molecule has 0 bridgehead atoms. The molecule has 2 N–H and O–H groups in total. The summed E-state index contributed by atoms with van der Waals surface area (Å²) >= 11 is 0. The Morgan fingerprint density at radius 3 is 2.67 bits per heavy atom. The van der Waals surface area contributed by atoms with E-state index in [1.165, 1.54) is 25.9 Å². The lowest BCUT2D eigenvalue weighted by atomic mass is 10.1. The summed E-state index contributed by atoms with van der Waals surface area (Å²) in [6.07, 6.45) is 3.43. The number of ether oxygens (including phenoxy) is 2. The molecule has 1 atom stereocenters. The SMILES string of the molecule is CCOc1cccc(CC(C)N)c1OCCN1CCCC1. The Morgan fingerprint density at radius 1 is 1.24 bits per heavy atom. The fourth-order valence-corrected chi connectivity index (χ4v) is 2.78. The molecular formula is C17H28N2O2. The summed E-state index contributed by atoms with van der Waals surface area (Å²) in [6.45, 7) is 8.73. The minimum atomic E-state index is 0.114. The molecule has 4 nitrogen and oxygen atoms in total. The van der Waals surface area contributed by atoms with Gasteiger partial charge < -0.3 is 15.2 Å². The average molecular weight is 292 g/mol. The third-order valence-electron chi connectivity index (χ3n) is 3.75. The molecule has 1 aliphatic rings. The highest BCUT2D eigenvalue weighted by Crippen LogP contribution is 2.32. The minimum absolute atomic E-state index is 0.114. The Balaban J connectivity index is 2.01. The molecule has 1 aliphatic heterocycles. The van der Waals surface area contributed by atoms with Gasteiger partial charge >= 0.3 is 0 Å². The molecule has 0 amide bonds. The maximum atomic E-state index is 6.06. The van der Waals surface area contributed by atoms with Crippen molar-refractivity contribution in [3.63, 3.8) is 0 Å². The number of benzene rings is 1. The molecule has 0 radical (unpaired) electrons. The zero-order valence-electron chi connectivity index (χ0n) is 13.3. The molecule has 0 aromatic heterocycles. The maximum Gasteiger partial charge on any atom is 0.164 e. The molecule has 1 saturated heterocycles. The van der Waals surface area contributed by atoms with E-state index in [1.54, 1.807) is 0 Å². The zero-order chi connectivity index (χ0) is 15.1. The summed E-state index contributed by atoms with van der Waals surface area (Å²) in [5.41, 5.74) is 7.08. The predicted octanol–water partition coefficient (Wildman–Crippen LogP) is 2.45. The lowest BCUT2D eigenvalue weighted by Gasteiger charge is -2.19. The van der Waals surface area contributed by atoms with Gasteiger partial charge in [0.25, 0.3) is 0 Å². The number of likely N-dealkylation sites (tertiary alicyclic amines) is 1. The van der Waals surface area contributed by atoms with Gasteiger partial charge in [0.05, 0.1) is 6.61 Å². The van der Waals surface area contributed by atoms with Gasteiger partial charge in [0.15, 0.2) is 11.5 Å². The highest BCUT2D eigenvalue weighted by Gasteiger charge is 2.15. The summed E-state index contributed by atoms with van der Waals surface area (Å²) in [7, 11) is 0. The lowest BCUT2D eigenvalue weighted by Crippen LogP contribution is -2.25. The van der Waals surface area contributed by atoms with Crippen LogP contribution in [0, 0.1) is 0 Å². The van der Waals surface area contributed by atoms with E-state index in [4.69, 9.17) is 15.2 Å². The lowest BCUT2D eigenvalue weighted by molar-refractivity contribution is 0.224. The van der Waals surface area contributed by atoms with Crippen molar-refractivity contribution >= 4 is 0 Å². The van der Waals surface area contributed by atoms with Crippen molar-refractivity contribution < 1.29 is 9.47 Å². The van der Waals surface area contributed by atoms with Crippen molar-refractivity contribution in [1.29, 1.82) is 0 Å². The van der Waals surface area contributed by atoms with Crippen LogP contribution in [0.5, 0.6) is 11.5 Å². The maximum absolute atomic E-state index is 6.06. The largest absolute Gasteiger partial charge is 0.490 e. The van der Waals surface area contributed by atoms with Crippen molar-refractivity contribution in [3.05, 3.63) is 23.8 Å². The van der Waals surface area contributed by atoms with Gasteiger partial charge in [0.2, 0.25) is 0 Å². The highest BCUT2D eigenvalue weighted by molar-refractivity contribution is 5.47. The van der Waals surface area contributed by atoms with Crippen molar-refractivity contribution in [2.45, 2.75) is 39.2 Å². The summed E-state index contributed by atoms with van der Waals surface area (Å²) < 4.78 is 11.8. The molecule has 1 unspecified atom stereocenters. The predicted molar refractivity (Wildman–Crippen MR) is 86.1 cm³/mol. The normalized spacial score (nSPS) is 16.9. The van der Waals surface area contributed by atoms with E-state index >= 15 is 0 Å². The Hall–Kier alpha value is -1.26. The van der Waals surface area contributed by atoms with E-state index in [0.29, 0.717) is 13.2 Å². The number of nitrogens with two attached hydrogens (primary N) is 1. The second-order valence-corrected chi connectivity index (χ2v) is 5.76. The first-order valence-electron chi connectivity index (χ1n) is 8.06. The zero-order valence-corrected chi connectivity index (χ0v) is 13.3. The number of hydrogen-bond acceptors (Lipinski definition) is 4. The van der Waals surface area contributed by atoms with Crippen molar-refractivity contribution in [2.75, 3.05) is 32.8 Å². The number of para-hydroxylation sites is 1. The Kier molecular flexibility index (Phi) is 6.33. The molecule has 1 aromatic carbocycles. The van der Waals surface area contributed by atoms with E-state index in [0.717, 1.165) is 30.0 Å². The molecule has 1 fully saturated rings. The van der Waals surface area contributed by atoms with Gasteiger partial charge in [-0.2, -0.15) is 0 Å². The summed E-state index contributed by atoms with van der Waals surface area (Å²) in [5, 5.41) is 0. The van der Waals surface area contributed by atoms with Crippen LogP contribution in [0.15, 0.2) is 18.2 Å². The summed E-state index contributed by atoms with van der Waals surface area (Å²) in [5.74, 6) is 1.70. The first kappa shape index (κ1) is 16.1. The van der Waals surface area contributed by atoms with Crippen LogP contribution in [0.25, 0.3) is 0 Å². The van der Waals surface area contributed by atoms with E-state index in [2.05, 4.69) is 11.0 Å². The molecule has 2 rings (SSSR count). The van der Waals surface area contributed by atoms with Crippen LogP contribution < -0.4 is 15.2 Å². The van der Waals surface area contributed by atoms with Crippen LogP contribution in [0.4, 0.5) is 0 Å². The average Bonchev–Trinajstić information content (AvgIpc) is 2.94. The van der Waals surface area contributed by atoms with E-state index in [1.807, 2.05) is 26.0 Å². The van der Waals surface area contributed by atoms with E-state index in [-0.39, 0.29) is 6.04 Å². The number of hydrogen-bond donors (Lipinski definition) is 1. The monoisotopic (exact) mass is 292 g/mol. The second-order valence-electron chi connectivity index (χ2n) is 5.76. The van der Waals surface area contributed by atoms with E-state index < -0.39 is 0 Å². The molecule has 0 saturated carbocycles. The van der Waals surface area contributed by atoms with Gasteiger partial charge in [-0.1, -0.05) is 12.1 Å². The molecule has 1 aromatic rings. The van der Waals surface area contributed by atoms with Crippen molar-refractivity contribution in [3.8, 4) is 11.5 Å². The second kappa shape index (κ2) is 8.25. The first-order chi connectivity index (χ1) is 10.2. The summed E-state index contributed by atoms with van der Waals surface area (Å²) in [6, 6.07) is 6.18. The highest BCUT2D eigenvalue weighted by atomic mass is 16.5. The number of rotatable bonds is 8. The molecule has 118 valence electrons. The van der Waals surface area contributed by atoms with Gasteiger partial charge in [0.1, 0.15) is 6.61 Å². The third-order valence-corrected chi connectivity index (χ3v) is 3.75. The minimum Gasteiger partial charge on any atom is -0.490 e. The molecule has 21 heavy (non-hydrogen) atoms. The molecule has 4 heteroatoms. The van der Waals surface area contributed by atoms with Crippen LogP contribution in [-0.4, -0.2) is 43.8 Å². The Bertz CT molecular complexity index is 429. The van der Waals surface area contributed by atoms with Crippen LogP contribution >= 0.6 is 0 Å². The molecule has 0 aliphatic carbocycles. The quantitative estimate of drug-likeness (QED) is 0.799. The van der Waals surface area contributed by atoms with Crippen LogP contribution in [0.3, 0.4) is 0 Å². The standard InChI is InChI=1S/C17H28N2O2/c1-3-20-16-8-6-7-15(13-14(2)18)17(16)21-12-11-19-9-4-5-10-19/h6-8,14H,3-5,9-13,18H2,1-2H3. The fourth-order valence-electron chi connectivity index (χ4n) is 2.78. The third kappa shape index (κ3) is 4.90. The smallest absolute Gasteiger partial charge is 0.164 e. The molecule has 0 spiro atoms. The fraction of sp³-hybridized carbons (Fsp3) is 0.647. The van der Waals surface area contributed by atoms with Gasteiger partial charge in [-0.3, -0.25) is 4.90 Å². The molecule has 1 heterocycles. The van der Waals surface area contributed by atoms with Crippen molar-refractivity contribution in [1.82, 2.24) is 4.90 Å². The molecular weight excluding hydrogens is 264 g/mol. The van der Waals surface area contributed by atoms with Crippen molar-refractivity contribution in [2.24, 2.45) is 5.73 Å². The summed E-state index contributed by atoms with van der Waals surface area (Å²) in [4.78, 5) is 2.45. The Labute approximate surface area is 128 Å². The van der Waals surface area contributed by atoms with Gasteiger partial charge in [-0.05, 0) is 57.8 Å². The number of nitrogens with zero attached hydrogens (tertiary/aromatic N) is 1. The van der Waals surface area contributed by atoms with Crippen LogP contribution in [0.2, 0.25) is 0 Å². The van der Waals surface area contributed by atoms with E-state index in [9.17, 15) is 0 Å². The first-order valence-corrected chi connectivity index (χ1v) is 8.06.